The maximum Gasteiger partial charge on any atom is 0.506 e. The van der Waals surface area contributed by atoms with Crippen LogP contribution >= 0.6 is 0 Å². The first-order chi connectivity index (χ1) is 4.61. The van der Waals surface area contributed by atoms with Crippen LogP contribution in [-0.2, 0) is 4.74 Å². The second-order valence-electron chi connectivity index (χ2n) is 2.53. The van der Waals surface area contributed by atoms with E-state index in [-0.39, 0.29) is 13.0 Å². The molecule has 0 amide bonds. The van der Waals surface area contributed by atoms with Gasteiger partial charge in [0.2, 0.25) is 0 Å². The van der Waals surface area contributed by atoms with E-state index in [9.17, 15) is 12.9 Å². The summed E-state index contributed by atoms with van der Waals surface area (Å²) >= 11 is 0. The molecule has 0 spiro atoms. The summed E-state index contributed by atoms with van der Waals surface area (Å²) in [6, 6.07) is -1.44. The minimum absolute atomic E-state index is 0.156. The fraction of sp³-hybridized carbons (Fsp3) is 1.00. The molecule has 0 aliphatic carbocycles. The molecule has 1 rings (SSSR count). The molecule has 0 N–H and O–H groups in total. The lowest BCUT2D eigenvalue weighted by Crippen LogP contribution is -2.39. The van der Waals surface area contributed by atoms with E-state index < -0.39 is 13.0 Å². The summed E-state index contributed by atoms with van der Waals surface area (Å²) in [4.78, 5) is 0. The number of ether oxygens (including phenoxy) is 1. The molecule has 1 aliphatic rings. The van der Waals surface area contributed by atoms with E-state index in [1.54, 1.807) is 0 Å². The van der Waals surface area contributed by atoms with Crippen LogP contribution in [0, 0.1) is 0 Å². The summed E-state index contributed by atoms with van der Waals surface area (Å²) in [5, 5.41) is 0. The molecule has 1 fully saturated rings. The van der Waals surface area contributed by atoms with Crippen LogP contribution in [0.3, 0.4) is 0 Å². The van der Waals surface area contributed by atoms with E-state index in [4.69, 9.17) is 0 Å². The van der Waals surface area contributed by atoms with Gasteiger partial charge in [0.05, 0.1) is 0 Å². The van der Waals surface area contributed by atoms with Crippen LogP contribution in [0.5, 0.6) is 0 Å². The highest BCUT2D eigenvalue weighted by Gasteiger charge is 2.36. The van der Waals surface area contributed by atoms with Crippen molar-refractivity contribution in [2.45, 2.75) is 25.3 Å². The van der Waals surface area contributed by atoms with Gasteiger partial charge in [-0.15, -0.1) is 0 Å². The van der Waals surface area contributed by atoms with E-state index in [0.717, 1.165) is 6.42 Å². The van der Waals surface area contributed by atoms with Crippen LogP contribution < -0.4 is 0 Å². The Morgan fingerprint density at radius 2 is 1.90 bits per heavy atom. The molecule has 0 unspecified atom stereocenters. The van der Waals surface area contributed by atoms with Gasteiger partial charge in [0.1, 0.15) is 0 Å². The molecule has 0 saturated carbocycles. The van der Waals surface area contributed by atoms with Crippen LogP contribution in [0.1, 0.15) is 19.3 Å². The topological polar surface area (TPSA) is 9.23 Å². The fourth-order valence-electron chi connectivity index (χ4n) is 1.06. The van der Waals surface area contributed by atoms with Crippen molar-refractivity contribution in [1.82, 2.24) is 0 Å². The molecule has 0 radical (unpaired) electrons. The van der Waals surface area contributed by atoms with Gasteiger partial charge >= 0.3 is 6.98 Å². The van der Waals surface area contributed by atoms with Crippen LogP contribution in [-0.4, -0.2) is 19.6 Å². The highest BCUT2D eigenvalue weighted by molar-refractivity contribution is 6.60. The summed E-state index contributed by atoms with van der Waals surface area (Å²) in [6.45, 7) is -4.48. The van der Waals surface area contributed by atoms with E-state index in [2.05, 4.69) is 4.74 Å². The van der Waals surface area contributed by atoms with Gasteiger partial charge in [0.25, 0.3) is 0 Å². The molecule has 0 aromatic rings. The minimum Gasteiger partial charge on any atom is -0.447 e. The van der Waals surface area contributed by atoms with Crippen molar-refractivity contribution in [1.29, 1.82) is 0 Å². The molecule has 1 nitrogen and oxygen atoms in total. The van der Waals surface area contributed by atoms with Crippen molar-refractivity contribution in [3.05, 3.63) is 0 Å². The summed E-state index contributed by atoms with van der Waals surface area (Å²) in [6.07, 6.45) is 1.57. The van der Waals surface area contributed by atoms with Crippen molar-refractivity contribution in [3.63, 3.8) is 0 Å². The molecule has 0 bridgehead atoms. The zero-order valence-electron chi connectivity index (χ0n) is 5.53. The number of rotatable bonds is 1. The molecular weight excluding hydrogens is 144 g/mol. The van der Waals surface area contributed by atoms with Crippen molar-refractivity contribution in [2.75, 3.05) is 6.61 Å². The first-order valence-corrected chi connectivity index (χ1v) is 3.42. The number of hydrogen-bond donors (Lipinski definition) is 0. The van der Waals surface area contributed by atoms with E-state index in [0.29, 0.717) is 6.42 Å². The largest absolute Gasteiger partial charge is 0.506 e. The molecule has 0 aromatic heterocycles. The Hall–Kier alpha value is -0.185. The van der Waals surface area contributed by atoms with Gasteiger partial charge in [0, 0.05) is 12.6 Å². The Balaban J connectivity index is 2.39. The van der Waals surface area contributed by atoms with E-state index in [1.165, 1.54) is 0 Å². The van der Waals surface area contributed by atoms with Crippen LogP contribution in [0.15, 0.2) is 0 Å². The summed E-state index contributed by atoms with van der Waals surface area (Å²) in [5.41, 5.74) is 0. The monoisotopic (exact) mass is 153 g/mol. The lowest BCUT2D eigenvalue weighted by Gasteiger charge is -2.30. The smallest absolute Gasteiger partial charge is 0.447 e. The third-order valence-corrected chi connectivity index (χ3v) is 1.64. The third kappa shape index (κ3) is 1.90. The van der Waals surface area contributed by atoms with Gasteiger partial charge in [-0.2, -0.15) is 0 Å². The standard InChI is InChI=1S/C5H9BF3O/c7-6(8,9)5-3-1-2-4-10-5/h5H,1-4H2/q-1/t5-/m1/s1. The summed E-state index contributed by atoms with van der Waals surface area (Å²) < 4.78 is 40.2. The zero-order chi connectivity index (χ0) is 7.61. The van der Waals surface area contributed by atoms with Gasteiger partial charge in [-0.05, 0) is 6.42 Å². The minimum atomic E-state index is -4.75. The second kappa shape index (κ2) is 2.82. The molecule has 1 aliphatic heterocycles. The molecule has 10 heavy (non-hydrogen) atoms. The molecule has 0 aromatic carbocycles. The van der Waals surface area contributed by atoms with E-state index in [1.807, 2.05) is 0 Å². The maximum absolute atomic E-state index is 11.9. The molecule has 1 saturated heterocycles. The summed E-state index contributed by atoms with van der Waals surface area (Å²) in [7, 11) is 0. The number of hydrogen-bond acceptors (Lipinski definition) is 1. The van der Waals surface area contributed by atoms with Crippen molar-refractivity contribution in [2.24, 2.45) is 0 Å². The molecule has 1 atom stereocenters. The van der Waals surface area contributed by atoms with Crippen molar-refractivity contribution < 1.29 is 17.7 Å². The van der Waals surface area contributed by atoms with Crippen LogP contribution in [0.2, 0.25) is 0 Å². The Morgan fingerprint density at radius 1 is 1.20 bits per heavy atom. The van der Waals surface area contributed by atoms with Gasteiger partial charge in [-0.25, -0.2) is 0 Å². The van der Waals surface area contributed by atoms with Crippen molar-refractivity contribution >= 4 is 6.98 Å². The zero-order valence-corrected chi connectivity index (χ0v) is 5.53. The average molecular weight is 153 g/mol. The normalized spacial score (nSPS) is 28.5. The number of halogens is 3. The van der Waals surface area contributed by atoms with Crippen LogP contribution in [0.25, 0.3) is 0 Å². The molecule has 5 heteroatoms. The first kappa shape index (κ1) is 7.92. The predicted molar refractivity (Wildman–Crippen MR) is 32.7 cm³/mol. The van der Waals surface area contributed by atoms with Gasteiger partial charge in [-0.3, -0.25) is 0 Å². The van der Waals surface area contributed by atoms with Crippen molar-refractivity contribution in [3.8, 4) is 0 Å². The first-order valence-electron chi connectivity index (χ1n) is 3.42. The lowest BCUT2D eigenvalue weighted by molar-refractivity contribution is 0.0393. The Kier molecular flexibility index (Phi) is 2.23. The average Bonchev–Trinajstić information content (AvgIpc) is 1.88. The second-order valence-corrected chi connectivity index (χ2v) is 2.53. The molecule has 60 valence electrons. The van der Waals surface area contributed by atoms with E-state index >= 15 is 0 Å². The Bertz CT molecular complexity index is 108. The van der Waals surface area contributed by atoms with Gasteiger partial charge < -0.3 is 17.7 Å². The lowest BCUT2D eigenvalue weighted by atomic mass is 9.78. The van der Waals surface area contributed by atoms with Crippen LogP contribution in [0.4, 0.5) is 12.9 Å². The molecular formula is C5H9BF3O-. The third-order valence-electron chi connectivity index (χ3n) is 1.64. The Morgan fingerprint density at radius 3 is 2.20 bits per heavy atom. The quantitative estimate of drug-likeness (QED) is 0.523. The van der Waals surface area contributed by atoms with Gasteiger partial charge in [-0.1, -0.05) is 12.8 Å². The summed E-state index contributed by atoms with van der Waals surface area (Å²) in [5.74, 6) is 0. The highest BCUT2D eigenvalue weighted by Crippen LogP contribution is 2.24. The Labute approximate surface area is 57.6 Å². The maximum atomic E-state index is 11.9. The highest BCUT2D eigenvalue weighted by atomic mass is 19.4. The SMILES string of the molecule is F[B-](F)(F)[C@H]1CCCCO1. The van der Waals surface area contributed by atoms with Gasteiger partial charge in [0.15, 0.2) is 0 Å². The fourth-order valence-corrected chi connectivity index (χ4v) is 1.06. The molecule has 1 heterocycles. The predicted octanol–water partition coefficient (Wildman–Crippen LogP) is 1.94.